The monoisotopic (exact) mass is 232 g/mol. The molecule has 17 heavy (non-hydrogen) atoms. The van der Waals surface area contributed by atoms with Crippen molar-refractivity contribution in [3.8, 4) is 0 Å². The molecule has 1 aliphatic carbocycles. The summed E-state index contributed by atoms with van der Waals surface area (Å²) in [5, 5.41) is 9.58. The van der Waals surface area contributed by atoms with E-state index in [2.05, 4.69) is 19.1 Å². The summed E-state index contributed by atoms with van der Waals surface area (Å²) >= 11 is 0. The average Bonchev–Trinajstić information content (AvgIpc) is 2.77. The second kappa shape index (κ2) is 3.34. The van der Waals surface area contributed by atoms with E-state index in [1.54, 1.807) is 0 Å². The minimum atomic E-state index is -0.686. The molecule has 2 rings (SSSR count). The summed E-state index contributed by atoms with van der Waals surface area (Å²) in [4.78, 5) is 11.6. The Kier molecular flexibility index (Phi) is 2.39. The van der Waals surface area contributed by atoms with Gasteiger partial charge in [-0.2, -0.15) is 0 Å². The third-order valence-corrected chi connectivity index (χ3v) is 4.40. The van der Waals surface area contributed by atoms with Gasteiger partial charge in [0, 0.05) is 0 Å². The number of hydrogen-bond donors (Lipinski definition) is 1. The Morgan fingerprint density at radius 2 is 1.59 bits per heavy atom. The van der Waals surface area contributed by atoms with Gasteiger partial charge in [-0.15, -0.1) is 0 Å². The van der Waals surface area contributed by atoms with Gasteiger partial charge in [-0.1, -0.05) is 26.0 Å². The third-order valence-electron chi connectivity index (χ3n) is 4.40. The van der Waals surface area contributed by atoms with Crippen molar-refractivity contribution in [2.45, 2.75) is 46.5 Å². The van der Waals surface area contributed by atoms with E-state index in [0.717, 1.165) is 17.5 Å². The van der Waals surface area contributed by atoms with Gasteiger partial charge in [0.05, 0.1) is 5.41 Å². The molecule has 1 unspecified atom stereocenters. The minimum absolute atomic E-state index is 0.134. The van der Waals surface area contributed by atoms with Crippen LogP contribution in [-0.4, -0.2) is 11.1 Å². The van der Waals surface area contributed by atoms with Crippen LogP contribution in [0, 0.1) is 26.2 Å². The first-order valence-electron chi connectivity index (χ1n) is 6.04. The van der Waals surface area contributed by atoms with Gasteiger partial charge >= 0.3 is 5.97 Å². The van der Waals surface area contributed by atoms with Crippen molar-refractivity contribution >= 4 is 5.97 Å². The van der Waals surface area contributed by atoms with Crippen molar-refractivity contribution < 1.29 is 9.90 Å². The number of aliphatic carboxylic acids is 1. The predicted molar refractivity (Wildman–Crippen MR) is 68.4 cm³/mol. The van der Waals surface area contributed by atoms with Gasteiger partial charge in [-0.05, 0) is 54.9 Å². The van der Waals surface area contributed by atoms with Crippen molar-refractivity contribution in [3.05, 3.63) is 34.4 Å². The number of carboxylic acid groups (broad SMARTS) is 1. The van der Waals surface area contributed by atoms with Crippen molar-refractivity contribution in [3.63, 3.8) is 0 Å². The SMILES string of the molecule is Cc1cc(C)c(C2(C(=O)O)CC2(C)C)cc1C. The van der Waals surface area contributed by atoms with Gasteiger partial charge < -0.3 is 5.11 Å². The zero-order valence-corrected chi connectivity index (χ0v) is 11.2. The fourth-order valence-electron chi connectivity index (χ4n) is 2.98. The highest BCUT2D eigenvalue weighted by molar-refractivity contribution is 5.87. The van der Waals surface area contributed by atoms with Crippen LogP contribution < -0.4 is 0 Å². The van der Waals surface area contributed by atoms with Gasteiger partial charge in [0.2, 0.25) is 0 Å². The number of hydrogen-bond acceptors (Lipinski definition) is 1. The molecule has 0 aliphatic heterocycles. The molecule has 1 fully saturated rings. The molecular formula is C15H20O2. The summed E-state index contributed by atoms with van der Waals surface area (Å²) in [6.45, 7) is 10.2. The summed E-state index contributed by atoms with van der Waals surface area (Å²) in [6.07, 6.45) is 0.735. The fourth-order valence-corrected chi connectivity index (χ4v) is 2.98. The molecule has 2 heteroatoms. The fraction of sp³-hybridized carbons (Fsp3) is 0.533. The molecule has 0 aromatic heterocycles. The molecule has 0 spiro atoms. The molecule has 1 N–H and O–H groups in total. The van der Waals surface area contributed by atoms with Crippen LogP contribution in [0.15, 0.2) is 12.1 Å². The lowest BCUT2D eigenvalue weighted by Crippen LogP contribution is -2.26. The van der Waals surface area contributed by atoms with Gasteiger partial charge in [0.15, 0.2) is 0 Å². The molecule has 1 aromatic rings. The van der Waals surface area contributed by atoms with E-state index in [1.165, 1.54) is 11.1 Å². The van der Waals surface area contributed by atoms with Gasteiger partial charge in [-0.3, -0.25) is 4.79 Å². The van der Waals surface area contributed by atoms with Crippen LogP contribution in [0.2, 0.25) is 0 Å². The first-order chi connectivity index (χ1) is 7.72. The molecule has 0 radical (unpaired) electrons. The highest BCUT2D eigenvalue weighted by atomic mass is 16.4. The zero-order chi connectivity index (χ0) is 13.0. The summed E-state index contributed by atoms with van der Waals surface area (Å²) < 4.78 is 0. The molecule has 1 atom stereocenters. The minimum Gasteiger partial charge on any atom is -0.481 e. The Morgan fingerprint density at radius 1 is 1.12 bits per heavy atom. The topological polar surface area (TPSA) is 37.3 Å². The van der Waals surface area contributed by atoms with Crippen LogP contribution >= 0.6 is 0 Å². The number of carboxylic acids is 1. The van der Waals surface area contributed by atoms with Crippen LogP contribution in [0.1, 0.15) is 42.5 Å². The highest BCUT2D eigenvalue weighted by Crippen LogP contribution is 2.65. The molecule has 0 amide bonds. The summed E-state index contributed by atoms with van der Waals surface area (Å²) in [5.41, 5.74) is 3.69. The number of carbonyl (C=O) groups is 1. The Balaban J connectivity index is 2.62. The second-order valence-corrected chi connectivity index (χ2v) is 6.02. The van der Waals surface area contributed by atoms with Crippen molar-refractivity contribution in [2.24, 2.45) is 5.41 Å². The number of benzene rings is 1. The molecular weight excluding hydrogens is 212 g/mol. The van der Waals surface area contributed by atoms with Crippen LogP contribution in [0.5, 0.6) is 0 Å². The maximum atomic E-state index is 11.6. The highest BCUT2D eigenvalue weighted by Gasteiger charge is 2.68. The molecule has 2 nitrogen and oxygen atoms in total. The maximum absolute atomic E-state index is 11.6. The number of aryl methyl sites for hydroxylation is 3. The smallest absolute Gasteiger partial charge is 0.314 e. The normalized spacial score (nSPS) is 25.7. The summed E-state index contributed by atoms with van der Waals surface area (Å²) in [5.74, 6) is -0.686. The number of rotatable bonds is 2. The predicted octanol–water partition coefficient (Wildman–Crippen LogP) is 3.36. The van der Waals surface area contributed by atoms with Crippen molar-refractivity contribution in [1.29, 1.82) is 0 Å². The van der Waals surface area contributed by atoms with E-state index in [4.69, 9.17) is 0 Å². The van der Waals surface area contributed by atoms with Crippen LogP contribution in [0.4, 0.5) is 0 Å². The van der Waals surface area contributed by atoms with Crippen molar-refractivity contribution in [1.82, 2.24) is 0 Å². The van der Waals surface area contributed by atoms with Crippen LogP contribution in [0.25, 0.3) is 0 Å². The maximum Gasteiger partial charge on any atom is 0.314 e. The second-order valence-electron chi connectivity index (χ2n) is 6.02. The summed E-state index contributed by atoms with van der Waals surface area (Å²) in [6, 6.07) is 4.16. The molecule has 1 saturated carbocycles. The standard InChI is InChI=1S/C15H20O2/c1-9-6-11(3)12(7-10(9)2)15(13(16)17)8-14(15,4)5/h6-7H,8H2,1-5H3,(H,16,17). The van der Waals surface area contributed by atoms with E-state index in [1.807, 2.05) is 27.7 Å². The molecule has 0 heterocycles. The Labute approximate surface area is 103 Å². The van der Waals surface area contributed by atoms with Gasteiger partial charge in [0.1, 0.15) is 0 Å². The molecule has 0 bridgehead atoms. The Hall–Kier alpha value is -1.31. The van der Waals surface area contributed by atoms with E-state index in [-0.39, 0.29) is 5.41 Å². The van der Waals surface area contributed by atoms with E-state index >= 15 is 0 Å². The molecule has 1 aliphatic rings. The van der Waals surface area contributed by atoms with E-state index < -0.39 is 11.4 Å². The lowest BCUT2D eigenvalue weighted by Gasteiger charge is -2.20. The Bertz CT molecular complexity index is 500. The lowest BCUT2D eigenvalue weighted by molar-refractivity contribution is -0.141. The quantitative estimate of drug-likeness (QED) is 0.849. The van der Waals surface area contributed by atoms with E-state index in [9.17, 15) is 9.90 Å². The molecule has 1 aromatic carbocycles. The summed E-state index contributed by atoms with van der Waals surface area (Å²) in [7, 11) is 0. The van der Waals surface area contributed by atoms with Gasteiger partial charge in [-0.25, -0.2) is 0 Å². The Morgan fingerprint density at radius 3 is 2.00 bits per heavy atom. The molecule has 92 valence electrons. The third kappa shape index (κ3) is 1.50. The largest absolute Gasteiger partial charge is 0.481 e. The zero-order valence-electron chi connectivity index (χ0n) is 11.2. The van der Waals surface area contributed by atoms with Crippen LogP contribution in [0.3, 0.4) is 0 Å². The first-order valence-corrected chi connectivity index (χ1v) is 6.04. The molecule has 0 saturated heterocycles. The van der Waals surface area contributed by atoms with Crippen molar-refractivity contribution in [2.75, 3.05) is 0 Å². The van der Waals surface area contributed by atoms with Crippen LogP contribution in [-0.2, 0) is 10.2 Å². The lowest BCUT2D eigenvalue weighted by atomic mass is 9.83. The first kappa shape index (κ1) is 12.2. The van der Waals surface area contributed by atoms with E-state index in [0.29, 0.717) is 0 Å². The van der Waals surface area contributed by atoms with Gasteiger partial charge in [0.25, 0.3) is 0 Å². The average molecular weight is 232 g/mol.